The van der Waals surface area contributed by atoms with Crippen LogP contribution in [0.1, 0.15) is 74.2 Å². The van der Waals surface area contributed by atoms with Crippen LogP contribution < -0.4 is 5.69 Å². The predicted octanol–water partition coefficient (Wildman–Crippen LogP) is 5.90. The van der Waals surface area contributed by atoms with Gasteiger partial charge in [0.15, 0.2) is 5.69 Å². The van der Waals surface area contributed by atoms with Gasteiger partial charge in [-0.25, -0.2) is 14.6 Å². The number of fused-ring (bicyclic) bond motifs is 2. The second-order valence-corrected chi connectivity index (χ2v) is 10.2. The first kappa shape index (κ1) is 24.1. The Hall–Kier alpha value is -3.62. The van der Waals surface area contributed by atoms with E-state index in [1.54, 1.807) is 6.20 Å². The summed E-state index contributed by atoms with van der Waals surface area (Å²) in [5.41, 5.74) is 7.46. The van der Waals surface area contributed by atoms with E-state index in [-0.39, 0.29) is 23.8 Å². The maximum absolute atomic E-state index is 12.8. The fraction of sp³-hybridized carbons (Fsp3) is 0.214. The number of hydrogen-bond acceptors (Lipinski definition) is 5. The lowest BCUT2D eigenvalue weighted by atomic mass is 9.82. The van der Waals surface area contributed by atoms with Crippen LogP contribution in [0.2, 0.25) is 0 Å². The van der Waals surface area contributed by atoms with Crippen molar-refractivity contribution in [2.45, 2.75) is 39.2 Å². The first-order chi connectivity index (χ1) is 17.4. The Bertz CT molecular complexity index is 1570. The van der Waals surface area contributed by atoms with Gasteiger partial charge in [-0.05, 0) is 46.2 Å². The molecule has 1 aliphatic carbocycles. The van der Waals surface area contributed by atoms with Crippen molar-refractivity contribution in [3.8, 4) is 0 Å². The van der Waals surface area contributed by atoms with Crippen LogP contribution in [-0.2, 0) is 19.4 Å². The molecular weight excluding hydrogens is 490 g/mol. The normalized spacial score (nSPS) is 12.7. The third-order valence-corrected chi connectivity index (χ3v) is 7.78. The van der Waals surface area contributed by atoms with Gasteiger partial charge in [-0.2, -0.15) is 0 Å². The van der Waals surface area contributed by atoms with Crippen LogP contribution >= 0.6 is 23.6 Å². The molecule has 0 radical (unpaired) electrons. The van der Waals surface area contributed by atoms with Gasteiger partial charge in [-0.1, -0.05) is 74.6 Å². The Morgan fingerprint density at radius 3 is 2.19 bits per heavy atom. The molecule has 182 valence electrons. The number of aryl methyl sites for hydroxylation is 2. The van der Waals surface area contributed by atoms with Crippen molar-refractivity contribution < 1.29 is 9.90 Å². The van der Waals surface area contributed by atoms with E-state index in [9.17, 15) is 14.7 Å². The predicted molar refractivity (Wildman–Crippen MR) is 146 cm³/mol. The van der Waals surface area contributed by atoms with E-state index in [1.165, 1.54) is 32.4 Å². The molecule has 0 atom stereocenters. The zero-order valence-corrected chi connectivity index (χ0v) is 21.6. The molecule has 0 aliphatic heterocycles. The van der Waals surface area contributed by atoms with Crippen LogP contribution in [-0.4, -0.2) is 25.6 Å². The fourth-order valence-corrected chi connectivity index (χ4v) is 5.69. The number of carboxylic acid groups (broad SMARTS) is 1. The van der Waals surface area contributed by atoms with Crippen molar-refractivity contribution in [1.29, 1.82) is 0 Å². The maximum Gasteiger partial charge on any atom is 0.355 e. The monoisotopic (exact) mass is 515 g/mol. The first-order valence-corrected chi connectivity index (χ1v) is 13.1. The molecule has 8 heteroatoms. The second-order valence-electron chi connectivity index (χ2n) is 8.80. The molecule has 0 unspecified atom stereocenters. The zero-order valence-electron chi connectivity index (χ0n) is 19.9. The first-order valence-electron chi connectivity index (χ1n) is 11.8. The molecule has 2 aromatic carbocycles. The third kappa shape index (κ3) is 4.50. The van der Waals surface area contributed by atoms with Crippen LogP contribution in [0.5, 0.6) is 0 Å². The molecule has 0 bridgehead atoms. The average Bonchev–Trinajstić information content (AvgIpc) is 3.29. The number of aromatic carboxylic acids is 1. The number of H-pyrrole nitrogens is 1. The van der Waals surface area contributed by atoms with Crippen LogP contribution in [0.3, 0.4) is 0 Å². The summed E-state index contributed by atoms with van der Waals surface area (Å²) in [5.74, 6) is -1.27. The molecule has 0 saturated carbocycles. The molecule has 36 heavy (non-hydrogen) atoms. The number of hydrogen-bond donors (Lipinski definition) is 2. The standard InChI is InChI=1S/C28H25N3O3S2/c1-3-16-5-9-20-18(11-16)7-8-19-12-17(4-2)6-10-21(19)25(20)22-13-31(28(34)30-26(22)35)14-24-29-23(15-36-24)27(32)33/h5-13,15,25H,3-4,14H2,1-2H3,(H,32,33)(H,30,34,35). The van der Waals surface area contributed by atoms with Gasteiger partial charge < -0.3 is 5.11 Å². The molecule has 0 amide bonds. The molecule has 0 saturated heterocycles. The van der Waals surface area contributed by atoms with Crippen molar-refractivity contribution in [2.75, 3.05) is 0 Å². The minimum atomic E-state index is -1.09. The Morgan fingerprint density at radius 2 is 1.67 bits per heavy atom. The summed E-state index contributed by atoms with van der Waals surface area (Å²) in [4.78, 5) is 31.1. The summed E-state index contributed by atoms with van der Waals surface area (Å²) < 4.78 is 1.92. The Labute approximate surface area is 217 Å². The van der Waals surface area contributed by atoms with Gasteiger partial charge in [0.25, 0.3) is 0 Å². The fourth-order valence-electron chi connectivity index (χ4n) is 4.66. The molecule has 0 fully saturated rings. The van der Waals surface area contributed by atoms with Crippen molar-refractivity contribution in [2.24, 2.45) is 0 Å². The van der Waals surface area contributed by atoms with Crippen LogP contribution in [0.25, 0.3) is 12.2 Å². The maximum atomic E-state index is 12.8. The Balaban J connectivity index is 1.69. The van der Waals surface area contributed by atoms with Crippen molar-refractivity contribution >= 4 is 41.7 Å². The van der Waals surface area contributed by atoms with Gasteiger partial charge in [0, 0.05) is 23.1 Å². The number of benzene rings is 2. The highest BCUT2D eigenvalue weighted by Crippen LogP contribution is 2.40. The topological polar surface area (TPSA) is 88.0 Å². The van der Waals surface area contributed by atoms with E-state index in [4.69, 9.17) is 12.2 Å². The number of carboxylic acids is 1. The molecule has 0 spiro atoms. The van der Waals surface area contributed by atoms with Gasteiger partial charge in [-0.15, -0.1) is 11.3 Å². The average molecular weight is 516 g/mol. The highest BCUT2D eigenvalue weighted by atomic mass is 32.1. The molecule has 6 nitrogen and oxygen atoms in total. The second kappa shape index (κ2) is 9.79. The van der Waals surface area contributed by atoms with Gasteiger partial charge in [-0.3, -0.25) is 9.55 Å². The Morgan fingerprint density at radius 1 is 1.06 bits per heavy atom. The van der Waals surface area contributed by atoms with E-state index >= 15 is 0 Å². The minimum Gasteiger partial charge on any atom is -0.476 e. The number of thiazole rings is 1. The van der Waals surface area contributed by atoms with Crippen molar-refractivity contribution in [1.82, 2.24) is 14.5 Å². The van der Waals surface area contributed by atoms with Gasteiger partial charge in [0.2, 0.25) is 0 Å². The van der Waals surface area contributed by atoms with E-state index in [2.05, 4.69) is 72.4 Å². The smallest absolute Gasteiger partial charge is 0.355 e. The summed E-state index contributed by atoms with van der Waals surface area (Å²) in [5, 5.41) is 11.2. The van der Waals surface area contributed by atoms with Crippen molar-refractivity contribution in [3.05, 3.63) is 113 Å². The highest BCUT2D eigenvalue weighted by molar-refractivity contribution is 7.71. The third-order valence-electron chi connectivity index (χ3n) is 6.61. The van der Waals surface area contributed by atoms with E-state index < -0.39 is 5.97 Å². The van der Waals surface area contributed by atoms with E-state index in [1.807, 2.05) is 0 Å². The molecule has 2 N–H and O–H groups in total. The number of carbonyl (C=O) groups is 1. The summed E-state index contributed by atoms with van der Waals surface area (Å²) in [6.07, 6.45) is 8.01. The molecule has 1 aliphatic rings. The molecule has 5 rings (SSSR count). The number of aromatic amines is 1. The molecule has 2 aromatic heterocycles. The number of rotatable bonds is 6. The number of aromatic nitrogens is 3. The lowest BCUT2D eigenvalue weighted by Crippen LogP contribution is -2.25. The van der Waals surface area contributed by atoms with Gasteiger partial charge in [0.05, 0.1) is 6.54 Å². The summed E-state index contributed by atoms with van der Waals surface area (Å²) in [6.45, 7) is 4.44. The van der Waals surface area contributed by atoms with Gasteiger partial charge in [0.1, 0.15) is 9.65 Å². The van der Waals surface area contributed by atoms with Crippen LogP contribution in [0, 0.1) is 4.64 Å². The minimum absolute atomic E-state index is 0.0247. The SMILES string of the molecule is CCc1ccc2c(c1)C=Cc1cc(CC)ccc1C2c1cn(Cc2nc(C(=O)O)cs2)c(=O)[nH]c1=S. The quantitative estimate of drug-likeness (QED) is 0.275. The van der Waals surface area contributed by atoms with E-state index in [0.717, 1.165) is 40.7 Å². The summed E-state index contributed by atoms with van der Waals surface area (Å²) >= 11 is 6.92. The van der Waals surface area contributed by atoms with Crippen LogP contribution in [0.15, 0.2) is 52.8 Å². The molecule has 4 aromatic rings. The molecular formula is C28H25N3O3S2. The zero-order chi connectivity index (χ0) is 25.4. The van der Waals surface area contributed by atoms with Crippen LogP contribution in [0.4, 0.5) is 0 Å². The largest absolute Gasteiger partial charge is 0.476 e. The summed E-state index contributed by atoms with van der Waals surface area (Å²) in [6, 6.07) is 13.1. The Kier molecular flexibility index (Phi) is 6.55. The number of nitrogens with one attached hydrogen (secondary N) is 1. The van der Waals surface area contributed by atoms with Gasteiger partial charge >= 0.3 is 11.7 Å². The summed E-state index contributed by atoms with van der Waals surface area (Å²) in [7, 11) is 0. The number of nitrogens with zero attached hydrogens (tertiary/aromatic N) is 2. The van der Waals surface area contributed by atoms with E-state index in [0.29, 0.717) is 9.65 Å². The highest BCUT2D eigenvalue weighted by Gasteiger charge is 2.26. The lowest BCUT2D eigenvalue weighted by molar-refractivity contribution is 0.0691. The molecule has 2 heterocycles. The lowest BCUT2D eigenvalue weighted by Gasteiger charge is -2.22. The van der Waals surface area contributed by atoms with Crippen molar-refractivity contribution in [3.63, 3.8) is 0 Å².